The van der Waals surface area contributed by atoms with Crippen molar-refractivity contribution in [2.45, 2.75) is 64.5 Å². The minimum absolute atomic E-state index is 0.352. The van der Waals surface area contributed by atoms with Crippen LogP contribution in [0.2, 0.25) is 5.02 Å². The van der Waals surface area contributed by atoms with E-state index in [1.54, 1.807) is 0 Å². The Bertz CT molecular complexity index is 439. The van der Waals surface area contributed by atoms with Gasteiger partial charge in [0.2, 0.25) is 0 Å². The van der Waals surface area contributed by atoms with Crippen LogP contribution in [0.3, 0.4) is 0 Å². The van der Waals surface area contributed by atoms with E-state index in [-0.39, 0.29) is 0 Å². The van der Waals surface area contributed by atoms with E-state index >= 15 is 0 Å². The number of nitrogens with one attached hydrogen (secondary N) is 1. The molecule has 0 heterocycles. The predicted octanol–water partition coefficient (Wildman–Crippen LogP) is 5.17. The van der Waals surface area contributed by atoms with Crippen LogP contribution in [-0.4, -0.2) is 19.6 Å². The van der Waals surface area contributed by atoms with Crippen molar-refractivity contribution in [2.75, 3.05) is 18.5 Å². The van der Waals surface area contributed by atoms with Gasteiger partial charge in [0.05, 0.1) is 10.7 Å². The Morgan fingerprint density at radius 1 is 1.24 bits per heavy atom. The van der Waals surface area contributed by atoms with Crippen LogP contribution >= 0.6 is 11.6 Å². The second kappa shape index (κ2) is 8.05. The Hall–Kier alpha value is -0.730. The first-order valence-corrected chi connectivity index (χ1v) is 8.77. The van der Waals surface area contributed by atoms with Gasteiger partial charge in [-0.05, 0) is 44.0 Å². The molecular formula is C18H29ClN2. The van der Waals surface area contributed by atoms with Crippen molar-refractivity contribution >= 4 is 17.3 Å². The third-order valence-corrected chi connectivity index (χ3v) is 5.04. The van der Waals surface area contributed by atoms with Crippen LogP contribution in [0.5, 0.6) is 0 Å². The molecule has 1 atom stereocenters. The molecule has 0 amide bonds. The number of anilines is 1. The van der Waals surface area contributed by atoms with Gasteiger partial charge >= 0.3 is 0 Å². The lowest BCUT2D eigenvalue weighted by Gasteiger charge is -2.30. The summed E-state index contributed by atoms with van der Waals surface area (Å²) in [7, 11) is 2.20. The maximum absolute atomic E-state index is 6.56. The molecule has 0 radical (unpaired) electrons. The summed E-state index contributed by atoms with van der Waals surface area (Å²) in [5.41, 5.74) is 2.44. The monoisotopic (exact) mass is 308 g/mol. The lowest BCUT2D eigenvalue weighted by Crippen LogP contribution is -2.31. The van der Waals surface area contributed by atoms with E-state index in [1.165, 1.54) is 49.8 Å². The molecule has 1 fully saturated rings. The van der Waals surface area contributed by atoms with Gasteiger partial charge in [-0.1, -0.05) is 50.3 Å². The SMILES string of the molecule is CCNC(C)c1ccc(N(C)C2CCCCCC2)c(Cl)c1. The second-order valence-electron chi connectivity index (χ2n) is 6.25. The molecule has 0 saturated heterocycles. The van der Waals surface area contributed by atoms with Crippen molar-refractivity contribution < 1.29 is 0 Å². The molecule has 2 nitrogen and oxygen atoms in total. The lowest BCUT2D eigenvalue weighted by molar-refractivity contribution is 0.552. The van der Waals surface area contributed by atoms with Crippen molar-refractivity contribution in [3.63, 3.8) is 0 Å². The van der Waals surface area contributed by atoms with E-state index in [2.05, 4.69) is 49.3 Å². The van der Waals surface area contributed by atoms with Crippen molar-refractivity contribution in [3.05, 3.63) is 28.8 Å². The quantitative estimate of drug-likeness (QED) is 0.755. The van der Waals surface area contributed by atoms with Gasteiger partial charge in [0.25, 0.3) is 0 Å². The average molecular weight is 309 g/mol. The van der Waals surface area contributed by atoms with Crippen LogP contribution in [0, 0.1) is 0 Å². The Balaban J connectivity index is 2.11. The number of nitrogens with zero attached hydrogens (tertiary/aromatic N) is 1. The van der Waals surface area contributed by atoms with Crippen molar-refractivity contribution in [1.82, 2.24) is 5.32 Å². The number of benzene rings is 1. The summed E-state index contributed by atoms with van der Waals surface area (Å²) in [6, 6.07) is 7.52. The molecule has 1 aliphatic rings. The highest BCUT2D eigenvalue weighted by Gasteiger charge is 2.19. The average Bonchev–Trinajstić information content (AvgIpc) is 2.75. The van der Waals surface area contributed by atoms with Gasteiger partial charge in [-0.15, -0.1) is 0 Å². The van der Waals surface area contributed by atoms with Crippen molar-refractivity contribution in [1.29, 1.82) is 0 Å². The molecule has 1 aromatic carbocycles. The number of halogens is 1. The van der Waals surface area contributed by atoms with Gasteiger partial charge in [0.1, 0.15) is 0 Å². The molecule has 118 valence electrons. The minimum Gasteiger partial charge on any atom is -0.370 e. The van der Waals surface area contributed by atoms with Crippen LogP contribution in [0.4, 0.5) is 5.69 Å². The predicted molar refractivity (Wildman–Crippen MR) is 93.4 cm³/mol. The van der Waals surface area contributed by atoms with Gasteiger partial charge in [-0.3, -0.25) is 0 Å². The summed E-state index contributed by atoms with van der Waals surface area (Å²) in [6.07, 6.45) is 8.06. The molecular weight excluding hydrogens is 280 g/mol. The molecule has 0 aromatic heterocycles. The molecule has 1 unspecified atom stereocenters. The maximum Gasteiger partial charge on any atom is 0.0642 e. The zero-order valence-corrected chi connectivity index (χ0v) is 14.4. The smallest absolute Gasteiger partial charge is 0.0642 e. The molecule has 1 saturated carbocycles. The number of hydrogen-bond acceptors (Lipinski definition) is 2. The van der Waals surface area contributed by atoms with E-state index in [0.717, 1.165) is 11.6 Å². The summed E-state index contributed by atoms with van der Waals surface area (Å²) >= 11 is 6.56. The largest absolute Gasteiger partial charge is 0.370 e. The topological polar surface area (TPSA) is 15.3 Å². The standard InChI is InChI=1S/C18H29ClN2/c1-4-20-14(2)15-11-12-18(17(19)13-15)21(3)16-9-7-5-6-8-10-16/h11-14,16,20H,4-10H2,1-3H3. The van der Waals surface area contributed by atoms with E-state index in [1.807, 2.05) is 0 Å². The normalized spacial score (nSPS) is 18.3. The van der Waals surface area contributed by atoms with Crippen molar-refractivity contribution in [2.24, 2.45) is 0 Å². The highest BCUT2D eigenvalue weighted by atomic mass is 35.5. The minimum atomic E-state index is 0.352. The molecule has 0 bridgehead atoms. The van der Waals surface area contributed by atoms with Gasteiger partial charge in [0, 0.05) is 19.1 Å². The van der Waals surface area contributed by atoms with Crippen LogP contribution in [-0.2, 0) is 0 Å². The van der Waals surface area contributed by atoms with E-state index in [0.29, 0.717) is 12.1 Å². The maximum atomic E-state index is 6.56. The summed E-state index contributed by atoms with van der Waals surface area (Å²) < 4.78 is 0. The summed E-state index contributed by atoms with van der Waals surface area (Å²) in [4.78, 5) is 2.40. The Kier molecular flexibility index (Phi) is 6.38. The fourth-order valence-electron chi connectivity index (χ4n) is 3.34. The second-order valence-corrected chi connectivity index (χ2v) is 6.65. The molecule has 0 aliphatic heterocycles. The number of hydrogen-bond donors (Lipinski definition) is 1. The highest BCUT2D eigenvalue weighted by molar-refractivity contribution is 6.33. The summed E-state index contributed by atoms with van der Waals surface area (Å²) in [5, 5.41) is 4.32. The van der Waals surface area contributed by atoms with Gasteiger partial charge in [0.15, 0.2) is 0 Å². The number of rotatable bonds is 5. The molecule has 0 spiro atoms. The van der Waals surface area contributed by atoms with Gasteiger partial charge < -0.3 is 10.2 Å². The first-order chi connectivity index (χ1) is 10.1. The lowest BCUT2D eigenvalue weighted by atomic mass is 10.0. The van der Waals surface area contributed by atoms with E-state index in [4.69, 9.17) is 11.6 Å². The fraction of sp³-hybridized carbons (Fsp3) is 0.667. The third kappa shape index (κ3) is 4.37. The zero-order valence-electron chi connectivity index (χ0n) is 13.7. The van der Waals surface area contributed by atoms with Gasteiger partial charge in [-0.25, -0.2) is 0 Å². The zero-order chi connectivity index (χ0) is 15.2. The highest BCUT2D eigenvalue weighted by Crippen LogP contribution is 2.32. The summed E-state index contributed by atoms with van der Waals surface area (Å²) in [5.74, 6) is 0. The third-order valence-electron chi connectivity index (χ3n) is 4.73. The fourth-order valence-corrected chi connectivity index (χ4v) is 3.67. The molecule has 21 heavy (non-hydrogen) atoms. The van der Waals surface area contributed by atoms with Gasteiger partial charge in [-0.2, -0.15) is 0 Å². The molecule has 3 heteroatoms. The van der Waals surface area contributed by atoms with Crippen molar-refractivity contribution in [3.8, 4) is 0 Å². The molecule has 1 aromatic rings. The van der Waals surface area contributed by atoms with E-state index in [9.17, 15) is 0 Å². The Morgan fingerprint density at radius 2 is 1.90 bits per heavy atom. The first-order valence-electron chi connectivity index (χ1n) is 8.39. The van der Waals surface area contributed by atoms with Crippen LogP contribution in [0.15, 0.2) is 18.2 Å². The van der Waals surface area contributed by atoms with Crippen LogP contribution in [0.1, 0.15) is 64.0 Å². The van der Waals surface area contributed by atoms with E-state index < -0.39 is 0 Å². The Morgan fingerprint density at radius 3 is 2.48 bits per heavy atom. The first kappa shape index (κ1) is 16.6. The Labute approximate surface area is 134 Å². The van der Waals surface area contributed by atoms with Crippen LogP contribution < -0.4 is 10.2 Å². The molecule has 2 rings (SSSR count). The van der Waals surface area contributed by atoms with Crippen LogP contribution in [0.25, 0.3) is 0 Å². The molecule has 1 aliphatic carbocycles. The summed E-state index contributed by atoms with van der Waals surface area (Å²) in [6.45, 7) is 5.29. The molecule has 1 N–H and O–H groups in total.